The monoisotopic (exact) mass is 418 g/mol. The zero-order valence-electron chi connectivity index (χ0n) is 17.3. The van der Waals surface area contributed by atoms with Gasteiger partial charge in [-0.1, -0.05) is 24.3 Å². The van der Waals surface area contributed by atoms with E-state index in [0.717, 1.165) is 11.3 Å². The summed E-state index contributed by atoms with van der Waals surface area (Å²) in [5.74, 6) is 1.22. The molecule has 1 heterocycles. The lowest BCUT2D eigenvalue weighted by Gasteiger charge is -2.14. The van der Waals surface area contributed by atoms with Crippen molar-refractivity contribution in [3.05, 3.63) is 89.0 Å². The van der Waals surface area contributed by atoms with Crippen LogP contribution in [0.15, 0.2) is 77.6 Å². The Kier molecular flexibility index (Phi) is 6.26. The van der Waals surface area contributed by atoms with Gasteiger partial charge in [-0.25, -0.2) is 9.37 Å². The molecule has 0 unspecified atom stereocenters. The van der Waals surface area contributed by atoms with Crippen LogP contribution in [0.25, 0.3) is 22.3 Å². The minimum absolute atomic E-state index is 0.0774. The van der Waals surface area contributed by atoms with E-state index in [4.69, 9.17) is 14.5 Å². The Labute approximate surface area is 179 Å². The van der Waals surface area contributed by atoms with Crippen LogP contribution < -0.4 is 15.0 Å². The predicted molar refractivity (Wildman–Crippen MR) is 119 cm³/mol. The number of rotatable bonds is 8. The van der Waals surface area contributed by atoms with Gasteiger partial charge in [0.2, 0.25) is 0 Å². The minimum Gasteiger partial charge on any atom is -0.497 e. The van der Waals surface area contributed by atoms with Crippen LogP contribution in [0.5, 0.6) is 11.5 Å². The van der Waals surface area contributed by atoms with Gasteiger partial charge in [0.05, 0.1) is 24.6 Å². The van der Waals surface area contributed by atoms with E-state index in [-0.39, 0.29) is 17.1 Å². The fraction of sp³-hybridized carbons (Fsp3) is 0.200. The van der Waals surface area contributed by atoms with Crippen LogP contribution in [0.3, 0.4) is 0 Å². The second kappa shape index (κ2) is 9.43. The Bertz CT molecular complexity index is 1240. The van der Waals surface area contributed by atoms with Gasteiger partial charge in [-0.15, -0.1) is 0 Å². The molecular formula is C25H23FN2O3. The number of unbranched alkanes of at least 4 members (excludes halogenated alkanes) is 1. The first-order valence-electron chi connectivity index (χ1n) is 10.2. The Hall–Kier alpha value is -3.67. The third-order valence-corrected chi connectivity index (χ3v) is 5.08. The molecule has 0 amide bonds. The normalized spacial score (nSPS) is 10.9. The van der Waals surface area contributed by atoms with Crippen LogP contribution >= 0.6 is 0 Å². The number of para-hydroxylation sites is 2. The van der Waals surface area contributed by atoms with Crippen molar-refractivity contribution >= 4 is 10.9 Å². The molecule has 158 valence electrons. The molecule has 0 bridgehead atoms. The molecule has 0 aliphatic carbocycles. The van der Waals surface area contributed by atoms with Crippen molar-refractivity contribution in [3.63, 3.8) is 0 Å². The van der Waals surface area contributed by atoms with Gasteiger partial charge in [0.15, 0.2) is 11.6 Å². The average Bonchev–Trinajstić information content (AvgIpc) is 2.81. The molecule has 0 N–H and O–H groups in total. The molecule has 0 spiro atoms. The van der Waals surface area contributed by atoms with Crippen molar-refractivity contribution in [3.8, 4) is 22.9 Å². The Morgan fingerprint density at radius 3 is 2.45 bits per heavy atom. The van der Waals surface area contributed by atoms with Crippen molar-refractivity contribution in [2.45, 2.75) is 19.4 Å². The summed E-state index contributed by atoms with van der Waals surface area (Å²) in [6, 6.07) is 21.2. The maximum Gasteiger partial charge on any atom is 0.261 e. The fourth-order valence-corrected chi connectivity index (χ4v) is 3.45. The molecule has 0 saturated carbocycles. The largest absolute Gasteiger partial charge is 0.497 e. The second-order valence-corrected chi connectivity index (χ2v) is 7.12. The van der Waals surface area contributed by atoms with Crippen molar-refractivity contribution in [2.75, 3.05) is 13.7 Å². The SMILES string of the molecule is COc1ccc(-c2nc3ccccc3c(=O)n2CCCCOc2ccccc2F)cc1. The van der Waals surface area contributed by atoms with Gasteiger partial charge in [0, 0.05) is 12.1 Å². The second-order valence-electron chi connectivity index (χ2n) is 7.12. The predicted octanol–water partition coefficient (Wildman–Crippen LogP) is 5.07. The molecule has 31 heavy (non-hydrogen) atoms. The number of hydrogen-bond acceptors (Lipinski definition) is 4. The van der Waals surface area contributed by atoms with E-state index in [1.165, 1.54) is 6.07 Å². The summed E-state index contributed by atoms with van der Waals surface area (Å²) in [7, 11) is 1.61. The molecule has 4 aromatic rings. The van der Waals surface area contributed by atoms with E-state index < -0.39 is 0 Å². The summed E-state index contributed by atoms with van der Waals surface area (Å²) in [4.78, 5) is 18.0. The number of halogens is 1. The molecular weight excluding hydrogens is 395 g/mol. The van der Waals surface area contributed by atoms with Gasteiger partial charge >= 0.3 is 0 Å². The van der Waals surface area contributed by atoms with Gasteiger partial charge in [-0.3, -0.25) is 9.36 Å². The van der Waals surface area contributed by atoms with E-state index >= 15 is 0 Å². The zero-order valence-corrected chi connectivity index (χ0v) is 17.3. The van der Waals surface area contributed by atoms with E-state index in [0.29, 0.717) is 42.7 Å². The van der Waals surface area contributed by atoms with E-state index in [2.05, 4.69) is 0 Å². The number of aromatic nitrogens is 2. The van der Waals surface area contributed by atoms with Crippen molar-refractivity contribution in [1.29, 1.82) is 0 Å². The third-order valence-electron chi connectivity index (χ3n) is 5.08. The first kappa shape index (κ1) is 20.6. The fourth-order valence-electron chi connectivity index (χ4n) is 3.45. The molecule has 0 aliphatic rings. The lowest BCUT2D eigenvalue weighted by atomic mass is 10.1. The Morgan fingerprint density at radius 2 is 1.68 bits per heavy atom. The molecule has 5 nitrogen and oxygen atoms in total. The summed E-state index contributed by atoms with van der Waals surface area (Å²) in [5, 5.41) is 0.586. The minimum atomic E-state index is -0.376. The van der Waals surface area contributed by atoms with Crippen LogP contribution in [-0.2, 0) is 6.54 Å². The van der Waals surface area contributed by atoms with Crippen LogP contribution in [0.4, 0.5) is 4.39 Å². The molecule has 0 saturated heterocycles. The molecule has 0 atom stereocenters. The number of hydrogen-bond donors (Lipinski definition) is 0. The highest BCUT2D eigenvalue weighted by Gasteiger charge is 2.13. The topological polar surface area (TPSA) is 53.3 Å². The lowest BCUT2D eigenvalue weighted by molar-refractivity contribution is 0.289. The number of fused-ring (bicyclic) bond motifs is 1. The number of nitrogens with zero attached hydrogens (tertiary/aromatic N) is 2. The van der Waals surface area contributed by atoms with Crippen LogP contribution in [0, 0.1) is 5.82 Å². The quantitative estimate of drug-likeness (QED) is 0.375. The van der Waals surface area contributed by atoms with Gasteiger partial charge in [-0.05, 0) is 61.4 Å². The highest BCUT2D eigenvalue weighted by molar-refractivity contribution is 5.79. The summed E-state index contributed by atoms with van der Waals surface area (Å²) in [5.41, 5.74) is 1.43. The number of ether oxygens (including phenoxy) is 2. The van der Waals surface area contributed by atoms with E-state index in [9.17, 15) is 9.18 Å². The van der Waals surface area contributed by atoms with Gasteiger partial charge in [-0.2, -0.15) is 0 Å². The van der Waals surface area contributed by atoms with Gasteiger partial charge in [0.25, 0.3) is 5.56 Å². The summed E-state index contributed by atoms with van der Waals surface area (Å²) in [6.07, 6.45) is 1.37. The summed E-state index contributed by atoms with van der Waals surface area (Å²) < 4.78 is 26.1. The molecule has 0 fully saturated rings. The number of methoxy groups -OCH3 is 1. The first-order valence-corrected chi connectivity index (χ1v) is 10.2. The molecule has 4 rings (SSSR count). The van der Waals surface area contributed by atoms with Crippen molar-refractivity contribution < 1.29 is 13.9 Å². The summed E-state index contributed by atoms with van der Waals surface area (Å²) in [6.45, 7) is 0.854. The van der Waals surface area contributed by atoms with Gasteiger partial charge < -0.3 is 9.47 Å². The molecule has 6 heteroatoms. The van der Waals surface area contributed by atoms with E-state index in [1.54, 1.807) is 35.9 Å². The highest BCUT2D eigenvalue weighted by atomic mass is 19.1. The average molecular weight is 418 g/mol. The Balaban J connectivity index is 1.55. The standard InChI is InChI=1S/C25H23FN2O3/c1-30-19-14-12-18(13-15-19)24-27-22-10-4-2-8-20(22)25(29)28(24)16-6-7-17-31-23-11-5-3-9-21(23)26/h2-5,8-15H,6-7,16-17H2,1H3. The lowest BCUT2D eigenvalue weighted by Crippen LogP contribution is -2.24. The maximum atomic E-state index is 13.7. The zero-order chi connectivity index (χ0) is 21.6. The van der Waals surface area contributed by atoms with Crippen molar-refractivity contribution in [1.82, 2.24) is 9.55 Å². The van der Waals surface area contributed by atoms with Crippen LogP contribution in [0.2, 0.25) is 0 Å². The molecule has 0 aliphatic heterocycles. The van der Waals surface area contributed by atoms with Gasteiger partial charge in [0.1, 0.15) is 11.6 Å². The number of benzene rings is 3. The summed E-state index contributed by atoms with van der Waals surface area (Å²) >= 11 is 0. The highest BCUT2D eigenvalue weighted by Crippen LogP contribution is 2.22. The van der Waals surface area contributed by atoms with Crippen LogP contribution in [-0.4, -0.2) is 23.3 Å². The molecule has 1 aromatic heterocycles. The molecule has 3 aromatic carbocycles. The maximum absolute atomic E-state index is 13.7. The first-order chi connectivity index (χ1) is 15.2. The van der Waals surface area contributed by atoms with E-state index in [1.807, 2.05) is 42.5 Å². The third kappa shape index (κ3) is 4.58. The Morgan fingerprint density at radius 1 is 0.935 bits per heavy atom. The smallest absolute Gasteiger partial charge is 0.261 e. The van der Waals surface area contributed by atoms with Crippen molar-refractivity contribution in [2.24, 2.45) is 0 Å². The molecule has 0 radical (unpaired) electrons. The van der Waals surface area contributed by atoms with Crippen LogP contribution in [0.1, 0.15) is 12.8 Å².